The second-order valence-corrected chi connectivity index (χ2v) is 7.58. The molecule has 0 aliphatic carbocycles. The largest absolute Gasteiger partial charge is 0.465 e. The summed E-state index contributed by atoms with van der Waals surface area (Å²) < 4.78 is 7.33. The van der Waals surface area contributed by atoms with Gasteiger partial charge in [-0.05, 0) is 24.6 Å². The average molecular weight is 416 g/mol. The first kappa shape index (κ1) is 19.9. The molecule has 0 radical (unpaired) electrons. The molecular weight excluding hydrogens is 394 g/mol. The Hall–Kier alpha value is -3.38. The zero-order valence-corrected chi connectivity index (χ0v) is 17.3. The van der Waals surface area contributed by atoms with Crippen molar-refractivity contribution in [1.29, 1.82) is 0 Å². The van der Waals surface area contributed by atoms with Crippen molar-refractivity contribution in [3.05, 3.63) is 96.6 Å². The molecule has 0 fully saturated rings. The molecule has 4 rings (SSSR count). The maximum atomic E-state index is 12.8. The normalized spacial score (nSPS) is 11.8. The molecule has 1 heterocycles. The number of carbonyl (C=O) groups excluding carboxylic acids is 1. The van der Waals surface area contributed by atoms with Crippen LogP contribution in [0.2, 0.25) is 0 Å². The van der Waals surface area contributed by atoms with E-state index in [1.54, 1.807) is 0 Å². The molecule has 0 spiro atoms. The lowest BCUT2D eigenvalue weighted by Gasteiger charge is -2.16. The molecule has 1 atom stereocenters. The van der Waals surface area contributed by atoms with Crippen LogP contribution in [0.1, 0.15) is 17.7 Å². The van der Waals surface area contributed by atoms with Crippen LogP contribution in [0.4, 0.5) is 0 Å². The summed E-state index contributed by atoms with van der Waals surface area (Å²) in [6, 6.07) is 29.4. The van der Waals surface area contributed by atoms with Gasteiger partial charge < -0.3 is 4.74 Å². The molecule has 4 aromatic rings. The van der Waals surface area contributed by atoms with Gasteiger partial charge in [-0.25, -0.2) is 0 Å². The highest BCUT2D eigenvalue weighted by atomic mass is 32.2. The lowest BCUT2D eigenvalue weighted by Crippen LogP contribution is -2.14. The Labute approximate surface area is 179 Å². The number of benzene rings is 3. The van der Waals surface area contributed by atoms with Gasteiger partial charge in [-0.1, -0.05) is 90.6 Å². The Morgan fingerprint density at radius 1 is 0.900 bits per heavy atom. The van der Waals surface area contributed by atoms with Crippen LogP contribution in [-0.4, -0.2) is 27.3 Å². The number of hydrogen-bond donors (Lipinski definition) is 0. The van der Waals surface area contributed by atoms with E-state index in [2.05, 4.69) is 10.2 Å². The van der Waals surface area contributed by atoms with Gasteiger partial charge in [0.15, 0.2) is 11.0 Å². The molecule has 150 valence electrons. The van der Waals surface area contributed by atoms with Gasteiger partial charge in [0.2, 0.25) is 0 Å². The van der Waals surface area contributed by atoms with Crippen molar-refractivity contribution in [3.8, 4) is 17.1 Å². The van der Waals surface area contributed by atoms with Gasteiger partial charge in [0, 0.05) is 11.3 Å². The Morgan fingerprint density at radius 2 is 1.50 bits per heavy atom. The van der Waals surface area contributed by atoms with E-state index >= 15 is 0 Å². The van der Waals surface area contributed by atoms with Crippen LogP contribution in [0.5, 0.6) is 0 Å². The van der Waals surface area contributed by atoms with E-state index in [1.165, 1.54) is 11.8 Å². The Bertz CT molecular complexity index is 1100. The monoisotopic (exact) mass is 415 g/mol. The third kappa shape index (κ3) is 4.28. The Balaban J connectivity index is 1.80. The van der Waals surface area contributed by atoms with Crippen molar-refractivity contribution in [2.75, 3.05) is 6.61 Å². The summed E-state index contributed by atoms with van der Waals surface area (Å²) in [5, 5.41) is 8.99. The van der Waals surface area contributed by atoms with Gasteiger partial charge in [0.25, 0.3) is 0 Å². The molecule has 0 N–H and O–H groups in total. The highest BCUT2D eigenvalue weighted by Gasteiger charge is 2.27. The smallest absolute Gasteiger partial charge is 0.324 e. The maximum Gasteiger partial charge on any atom is 0.324 e. The number of para-hydroxylation sites is 1. The van der Waals surface area contributed by atoms with Gasteiger partial charge in [-0.3, -0.25) is 9.36 Å². The minimum Gasteiger partial charge on any atom is -0.465 e. The van der Waals surface area contributed by atoms with E-state index in [1.807, 2.05) is 102 Å². The van der Waals surface area contributed by atoms with E-state index in [-0.39, 0.29) is 5.97 Å². The summed E-state index contributed by atoms with van der Waals surface area (Å²) in [6.45, 7) is 2.13. The Kier molecular flexibility index (Phi) is 6.25. The van der Waals surface area contributed by atoms with Crippen LogP contribution < -0.4 is 0 Å². The SMILES string of the molecule is CCOC(=O)[C@H](Sc1nnc(-c2ccccc2)n1-c1ccccc1)c1ccccc1. The second kappa shape index (κ2) is 9.41. The predicted molar refractivity (Wildman–Crippen MR) is 118 cm³/mol. The van der Waals surface area contributed by atoms with Crippen molar-refractivity contribution in [2.24, 2.45) is 0 Å². The van der Waals surface area contributed by atoms with E-state index < -0.39 is 5.25 Å². The van der Waals surface area contributed by atoms with Gasteiger partial charge >= 0.3 is 5.97 Å². The summed E-state index contributed by atoms with van der Waals surface area (Å²) in [5.74, 6) is 0.428. The van der Waals surface area contributed by atoms with Gasteiger partial charge in [-0.15, -0.1) is 10.2 Å². The molecule has 0 saturated heterocycles. The highest BCUT2D eigenvalue weighted by Crippen LogP contribution is 2.38. The minimum absolute atomic E-state index is 0.294. The highest BCUT2D eigenvalue weighted by molar-refractivity contribution is 8.00. The van der Waals surface area contributed by atoms with E-state index in [0.29, 0.717) is 11.8 Å². The average Bonchev–Trinajstić information content (AvgIpc) is 3.23. The molecule has 30 heavy (non-hydrogen) atoms. The fraction of sp³-hybridized carbons (Fsp3) is 0.125. The molecule has 0 aliphatic rings. The number of ether oxygens (including phenoxy) is 1. The molecule has 3 aromatic carbocycles. The van der Waals surface area contributed by atoms with Crippen LogP contribution in [0.25, 0.3) is 17.1 Å². The van der Waals surface area contributed by atoms with Crippen LogP contribution >= 0.6 is 11.8 Å². The molecular formula is C24H21N3O2S. The topological polar surface area (TPSA) is 57.0 Å². The fourth-order valence-electron chi connectivity index (χ4n) is 3.13. The zero-order chi connectivity index (χ0) is 20.8. The van der Waals surface area contributed by atoms with E-state index in [0.717, 1.165) is 22.6 Å². The first-order valence-corrected chi connectivity index (χ1v) is 10.6. The third-order valence-electron chi connectivity index (χ3n) is 4.51. The third-order valence-corrected chi connectivity index (χ3v) is 5.68. The molecule has 0 bridgehead atoms. The first-order valence-electron chi connectivity index (χ1n) is 9.72. The molecule has 5 nitrogen and oxygen atoms in total. The number of nitrogens with zero attached hydrogens (tertiary/aromatic N) is 3. The van der Waals surface area contributed by atoms with Crippen LogP contribution in [0.3, 0.4) is 0 Å². The van der Waals surface area contributed by atoms with Gasteiger partial charge in [-0.2, -0.15) is 0 Å². The van der Waals surface area contributed by atoms with E-state index in [9.17, 15) is 4.79 Å². The summed E-state index contributed by atoms with van der Waals surface area (Å²) in [4.78, 5) is 12.8. The number of aromatic nitrogens is 3. The summed E-state index contributed by atoms with van der Waals surface area (Å²) in [6.07, 6.45) is 0. The molecule has 0 unspecified atom stereocenters. The lowest BCUT2D eigenvalue weighted by atomic mass is 10.1. The molecule has 0 amide bonds. The maximum absolute atomic E-state index is 12.8. The van der Waals surface area contributed by atoms with Crippen molar-refractivity contribution in [1.82, 2.24) is 14.8 Å². The quantitative estimate of drug-likeness (QED) is 0.302. The van der Waals surface area contributed by atoms with Crippen LogP contribution in [-0.2, 0) is 9.53 Å². The van der Waals surface area contributed by atoms with E-state index in [4.69, 9.17) is 4.74 Å². The predicted octanol–water partition coefficient (Wildman–Crippen LogP) is 5.33. The second-order valence-electron chi connectivity index (χ2n) is 6.50. The first-order chi connectivity index (χ1) is 14.8. The number of carbonyl (C=O) groups is 1. The van der Waals surface area contributed by atoms with Crippen LogP contribution in [0.15, 0.2) is 96.2 Å². The number of hydrogen-bond acceptors (Lipinski definition) is 5. The Morgan fingerprint density at radius 3 is 2.13 bits per heavy atom. The van der Waals surface area contributed by atoms with Gasteiger partial charge in [0.05, 0.1) is 6.61 Å². The number of rotatable bonds is 7. The number of thioether (sulfide) groups is 1. The van der Waals surface area contributed by atoms with Crippen LogP contribution in [0, 0.1) is 0 Å². The van der Waals surface area contributed by atoms with Gasteiger partial charge in [0.1, 0.15) is 5.25 Å². The molecule has 0 aliphatic heterocycles. The summed E-state index contributed by atoms with van der Waals surface area (Å²) in [7, 11) is 0. The van der Waals surface area contributed by atoms with Crippen molar-refractivity contribution < 1.29 is 9.53 Å². The van der Waals surface area contributed by atoms with Crippen molar-refractivity contribution >= 4 is 17.7 Å². The summed E-state index contributed by atoms with van der Waals surface area (Å²) in [5.41, 5.74) is 2.75. The summed E-state index contributed by atoms with van der Waals surface area (Å²) >= 11 is 1.34. The van der Waals surface area contributed by atoms with Crippen molar-refractivity contribution in [2.45, 2.75) is 17.3 Å². The molecule has 1 aromatic heterocycles. The number of esters is 1. The minimum atomic E-state index is -0.540. The molecule has 6 heteroatoms. The van der Waals surface area contributed by atoms with Crippen molar-refractivity contribution in [3.63, 3.8) is 0 Å². The standard InChI is InChI=1S/C24H21N3O2S/c1-2-29-23(28)21(18-12-6-3-7-13-18)30-24-26-25-22(19-14-8-4-9-15-19)27(24)20-16-10-5-11-17-20/h3-17,21H,2H2,1H3/t21-/m1/s1. The zero-order valence-electron chi connectivity index (χ0n) is 16.5. The lowest BCUT2D eigenvalue weighted by molar-refractivity contribution is -0.142. The molecule has 0 saturated carbocycles. The fourth-order valence-corrected chi connectivity index (χ4v) is 4.19.